The third-order valence-corrected chi connectivity index (χ3v) is 3.48. The fraction of sp³-hybridized carbons (Fsp3) is 0.615. The van der Waals surface area contributed by atoms with Crippen molar-refractivity contribution in [3.8, 4) is 5.75 Å². The molecule has 0 unspecified atom stereocenters. The smallest absolute Gasteiger partial charge is 0.132 e. The van der Waals surface area contributed by atoms with Crippen molar-refractivity contribution < 1.29 is 4.74 Å². The minimum Gasteiger partial charge on any atom is -0.490 e. The van der Waals surface area contributed by atoms with Crippen LogP contribution in [0, 0.1) is 12.8 Å². The van der Waals surface area contributed by atoms with Gasteiger partial charge in [0.2, 0.25) is 0 Å². The lowest BCUT2D eigenvalue weighted by molar-refractivity contribution is 0.134. The molecule has 88 valence electrons. The molecule has 0 saturated heterocycles. The van der Waals surface area contributed by atoms with Crippen molar-refractivity contribution in [1.29, 1.82) is 0 Å². The fourth-order valence-electron chi connectivity index (χ4n) is 2.14. The number of halogens is 1. The van der Waals surface area contributed by atoms with Gasteiger partial charge in [-0.15, -0.1) is 0 Å². The van der Waals surface area contributed by atoms with Crippen LogP contribution in [0.3, 0.4) is 0 Å². The SMILES string of the molecule is Cc1cnc(Cl)cc1OC1CCC(C)CC1. The van der Waals surface area contributed by atoms with Crippen molar-refractivity contribution in [3.05, 3.63) is 23.0 Å². The van der Waals surface area contributed by atoms with Crippen molar-refractivity contribution in [3.63, 3.8) is 0 Å². The summed E-state index contributed by atoms with van der Waals surface area (Å²) in [4.78, 5) is 4.03. The third kappa shape index (κ3) is 2.88. The van der Waals surface area contributed by atoms with Crippen LogP contribution in [0.2, 0.25) is 5.15 Å². The highest BCUT2D eigenvalue weighted by atomic mass is 35.5. The summed E-state index contributed by atoms with van der Waals surface area (Å²) in [6, 6.07) is 1.81. The number of nitrogens with zero attached hydrogens (tertiary/aromatic N) is 1. The first kappa shape index (κ1) is 11.7. The van der Waals surface area contributed by atoms with Crippen LogP contribution in [-0.4, -0.2) is 11.1 Å². The minimum atomic E-state index is 0.355. The van der Waals surface area contributed by atoms with Crippen LogP contribution < -0.4 is 4.74 Å². The van der Waals surface area contributed by atoms with Crippen molar-refractivity contribution in [2.45, 2.75) is 45.6 Å². The number of pyridine rings is 1. The largest absolute Gasteiger partial charge is 0.490 e. The highest BCUT2D eigenvalue weighted by Crippen LogP contribution is 2.29. The zero-order valence-electron chi connectivity index (χ0n) is 9.87. The zero-order chi connectivity index (χ0) is 11.5. The van der Waals surface area contributed by atoms with Crippen LogP contribution >= 0.6 is 11.6 Å². The quantitative estimate of drug-likeness (QED) is 0.728. The molecule has 16 heavy (non-hydrogen) atoms. The molecule has 0 spiro atoms. The molecule has 0 aromatic carbocycles. The van der Waals surface area contributed by atoms with E-state index in [1.165, 1.54) is 12.8 Å². The predicted molar refractivity (Wildman–Crippen MR) is 66.0 cm³/mol. The maximum absolute atomic E-state index is 5.99. The van der Waals surface area contributed by atoms with E-state index in [4.69, 9.17) is 16.3 Å². The van der Waals surface area contributed by atoms with E-state index in [1.807, 2.05) is 13.0 Å². The average molecular weight is 240 g/mol. The number of aromatic nitrogens is 1. The lowest BCUT2D eigenvalue weighted by atomic mass is 9.89. The van der Waals surface area contributed by atoms with Gasteiger partial charge in [-0.25, -0.2) is 4.98 Å². The summed E-state index contributed by atoms with van der Waals surface area (Å²) >= 11 is 5.87. The summed E-state index contributed by atoms with van der Waals surface area (Å²) in [6.45, 7) is 4.31. The van der Waals surface area contributed by atoms with Gasteiger partial charge in [-0.05, 0) is 38.5 Å². The van der Waals surface area contributed by atoms with Gasteiger partial charge in [0.15, 0.2) is 0 Å². The molecule has 2 rings (SSSR count). The summed E-state index contributed by atoms with van der Waals surface area (Å²) in [7, 11) is 0. The van der Waals surface area contributed by atoms with Crippen LogP contribution in [0.1, 0.15) is 38.2 Å². The van der Waals surface area contributed by atoms with E-state index in [1.54, 1.807) is 6.20 Å². The topological polar surface area (TPSA) is 22.1 Å². The molecule has 1 aliphatic carbocycles. The van der Waals surface area contributed by atoms with E-state index in [0.717, 1.165) is 30.1 Å². The molecule has 0 amide bonds. The fourth-order valence-corrected chi connectivity index (χ4v) is 2.28. The van der Waals surface area contributed by atoms with Gasteiger partial charge in [-0.2, -0.15) is 0 Å². The van der Waals surface area contributed by atoms with Crippen molar-refractivity contribution in [2.75, 3.05) is 0 Å². The Morgan fingerprint density at radius 1 is 1.31 bits per heavy atom. The Bertz CT molecular complexity index is 359. The second kappa shape index (κ2) is 5.05. The van der Waals surface area contributed by atoms with Gasteiger partial charge in [0.1, 0.15) is 10.9 Å². The molecule has 3 heteroatoms. The van der Waals surface area contributed by atoms with E-state index >= 15 is 0 Å². The monoisotopic (exact) mass is 239 g/mol. The normalized spacial score (nSPS) is 25.4. The minimum absolute atomic E-state index is 0.355. The lowest BCUT2D eigenvalue weighted by Crippen LogP contribution is -2.23. The Kier molecular flexibility index (Phi) is 3.70. The Morgan fingerprint density at radius 2 is 2.00 bits per heavy atom. The standard InChI is InChI=1S/C13H18ClNO/c1-9-3-5-11(6-4-9)16-12-7-13(14)15-8-10(12)2/h7-9,11H,3-6H2,1-2H3. The van der Waals surface area contributed by atoms with Crippen LogP contribution in [0.25, 0.3) is 0 Å². The summed E-state index contributed by atoms with van der Waals surface area (Å²) in [5, 5.41) is 0.504. The first-order valence-electron chi connectivity index (χ1n) is 5.94. The summed E-state index contributed by atoms with van der Waals surface area (Å²) in [5.41, 5.74) is 1.06. The molecule has 1 heterocycles. The molecule has 2 nitrogen and oxygen atoms in total. The number of hydrogen-bond donors (Lipinski definition) is 0. The van der Waals surface area contributed by atoms with Gasteiger partial charge in [0, 0.05) is 17.8 Å². The van der Waals surface area contributed by atoms with Crippen molar-refractivity contribution >= 4 is 11.6 Å². The first-order valence-corrected chi connectivity index (χ1v) is 6.31. The predicted octanol–water partition coefficient (Wildman–Crippen LogP) is 4.00. The Hall–Kier alpha value is -0.760. The maximum atomic E-state index is 5.99. The zero-order valence-corrected chi connectivity index (χ0v) is 10.6. The summed E-state index contributed by atoms with van der Waals surface area (Å²) in [5.74, 6) is 1.74. The van der Waals surface area contributed by atoms with Crippen LogP contribution in [0.15, 0.2) is 12.3 Å². The van der Waals surface area contributed by atoms with Crippen LogP contribution in [0.5, 0.6) is 5.75 Å². The van der Waals surface area contributed by atoms with Gasteiger partial charge in [-0.1, -0.05) is 18.5 Å². The van der Waals surface area contributed by atoms with Crippen molar-refractivity contribution in [2.24, 2.45) is 5.92 Å². The Labute approximate surface area is 102 Å². The highest BCUT2D eigenvalue weighted by molar-refractivity contribution is 6.29. The van der Waals surface area contributed by atoms with E-state index in [0.29, 0.717) is 11.3 Å². The van der Waals surface area contributed by atoms with E-state index in [-0.39, 0.29) is 0 Å². The van der Waals surface area contributed by atoms with Gasteiger partial charge in [0.25, 0.3) is 0 Å². The van der Waals surface area contributed by atoms with Crippen molar-refractivity contribution in [1.82, 2.24) is 4.98 Å². The second-order valence-electron chi connectivity index (χ2n) is 4.77. The third-order valence-electron chi connectivity index (χ3n) is 3.28. The molecule has 1 fully saturated rings. The molecular weight excluding hydrogens is 222 g/mol. The molecule has 1 aliphatic rings. The van der Waals surface area contributed by atoms with E-state index in [2.05, 4.69) is 11.9 Å². The van der Waals surface area contributed by atoms with Gasteiger partial charge in [0.05, 0.1) is 6.10 Å². The molecule has 0 bridgehead atoms. The van der Waals surface area contributed by atoms with Crippen LogP contribution in [0.4, 0.5) is 0 Å². The number of hydrogen-bond acceptors (Lipinski definition) is 2. The maximum Gasteiger partial charge on any atom is 0.132 e. The molecule has 0 aliphatic heterocycles. The lowest BCUT2D eigenvalue weighted by Gasteiger charge is -2.27. The molecule has 0 N–H and O–H groups in total. The average Bonchev–Trinajstić information content (AvgIpc) is 2.27. The van der Waals surface area contributed by atoms with Gasteiger partial charge >= 0.3 is 0 Å². The summed E-state index contributed by atoms with van der Waals surface area (Å²) < 4.78 is 5.99. The second-order valence-corrected chi connectivity index (χ2v) is 5.16. The Balaban J connectivity index is 2.00. The summed E-state index contributed by atoms with van der Waals surface area (Å²) in [6.07, 6.45) is 6.96. The first-order chi connectivity index (χ1) is 7.65. The molecule has 1 aromatic heterocycles. The highest BCUT2D eigenvalue weighted by Gasteiger charge is 2.20. The Morgan fingerprint density at radius 3 is 2.69 bits per heavy atom. The number of aryl methyl sites for hydroxylation is 1. The molecule has 1 saturated carbocycles. The van der Waals surface area contributed by atoms with Gasteiger partial charge < -0.3 is 4.74 Å². The van der Waals surface area contributed by atoms with Gasteiger partial charge in [-0.3, -0.25) is 0 Å². The number of ether oxygens (including phenoxy) is 1. The number of rotatable bonds is 2. The molecule has 0 radical (unpaired) electrons. The molecule has 0 atom stereocenters. The van der Waals surface area contributed by atoms with E-state index in [9.17, 15) is 0 Å². The van der Waals surface area contributed by atoms with E-state index < -0.39 is 0 Å². The van der Waals surface area contributed by atoms with Crippen LogP contribution in [-0.2, 0) is 0 Å². The molecule has 1 aromatic rings. The molecular formula is C13H18ClNO.